The quantitative estimate of drug-likeness (QED) is 0.435. The molecule has 0 radical (unpaired) electrons. The first-order valence-electron chi connectivity index (χ1n) is 9.42. The molecule has 1 unspecified atom stereocenters. The zero-order valence-electron chi connectivity index (χ0n) is 16.1. The fourth-order valence-corrected chi connectivity index (χ4v) is 4.13. The topological polar surface area (TPSA) is 74.5 Å². The van der Waals surface area contributed by atoms with Gasteiger partial charge in [0.2, 0.25) is 5.95 Å². The summed E-state index contributed by atoms with van der Waals surface area (Å²) < 4.78 is 39.5. The van der Waals surface area contributed by atoms with Gasteiger partial charge in [-0.15, -0.1) is 11.3 Å². The summed E-state index contributed by atoms with van der Waals surface area (Å²) in [6.07, 6.45) is -2.45. The fourth-order valence-electron chi connectivity index (χ4n) is 3.10. The third kappa shape index (κ3) is 4.81. The van der Waals surface area contributed by atoms with Crippen LogP contribution in [0.15, 0.2) is 60.8 Å². The molecule has 4 aromatic rings. The average molecular weight is 439 g/mol. The fraction of sp³-hybridized carbons (Fsp3) is 0.182. The number of nitrogens with zero attached hydrogens (tertiary/aromatic N) is 4. The van der Waals surface area contributed by atoms with Crippen LogP contribution in [0.5, 0.6) is 0 Å². The number of fused-ring (bicyclic) bond motifs is 1. The number of hydrogen-bond acceptors (Lipinski definition) is 6. The van der Waals surface area contributed by atoms with Gasteiger partial charge in [-0.1, -0.05) is 30.3 Å². The van der Waals surface area contributed by atoms with E-state index in [9.17, 15) is 18.4 Å². The van der Waals surface area contributed by atoms with Gasteiger partial charge in [0.1, 0.15) is 10.9 Å². The molecule has 156 valence electrons. The molecular weight excluding hydrogens is 423 g/mol. The lowest BCUT2D eigenvalue weighted by molar-refractivity contribution is -0.137. The molecule has 0 amide bonds. The van der Waals surface area contributed by atoms with Crippen LogP contribution in [0.25, 0.3) is 10.2 Å². The van der Waals surface area contributed by atoms with Crippen molar-refractivity contribution < 1.29 is 13.2 Å². The summed E-state index contributed by atoms with van der Waals surface area (Å²) >= 11 is 1.44. The van der Waals surface area contributed by atoms with E-state index in [4.69, 9.17) is 0 Å². The first-order valence-corrected chi connectivity index (χ1v) is 10.2. The second-order valence-corrected chi connectivity index (χ2v) is 7.82. The molecule has 0 aliphatic carbocycles. The van der Waals surface area contributed by atoms with Gasteiger partial charge in [-0.25, -0.2) is 15.0 Å². The van der Waals surface area contributed by atoms with E-state index in [1.54, 1.807) is 18.3 Å². The van der Waals surface area contributed by atoms with Crippen LogP contribution in [-0.2, 0) is 12.6 Å². The highest BCUT2D eigenvalue weighted by atomic mass is 32.1. The maximum Gasteiger partial charge on any atom is 0.416 e. The van der Waals surface area contributed by atoms with Gasteiger partial charge in [-0.05, 0) is 36.2 Å². The maximum absolute atomic E-state index is 12.9. The van der Waals surface area contributed by atoms with Crippen molar-refractivity contribution in [3.8, 4) is 6.07 Å². The molecule has 5 nitrogen and oxygen atoms in total. The molecule has 1 atom stereocenters. The Morgan fingerprint density at radius 2 is 1.90 bits per heavy atom. The van der Waals surface area contributed by atoms with Gasteiger partial charge in [-0.2, -0.15) is 18.4 Å². The van der Waals surface area contributed by atoms with E-state index >= 15 is 0 Å². The molecule has 2 aromatic carbocycles. The van der Waals surface area contributed by atoms with Crippen molar-refractivity contribution in [3.63, 3.8) is 0 Å². The third-order valence-corrected chi connectivity index (χ3v) is 5.71. The first-order chi connectivity index (χ1) is 14.9. The summed E-state index contributed by atoms with van der Waals surface area (Å²) in [6.45, 7) is 0.350. The minimum atomic E-state index is -4.37. The Kier molecular flexibility index (Phi) is 5.82. The number of halogens is 3. The molecule has 0 aliphatic rings. The normalized spacial score (nSPS) is 12.5. The zero-order chi connectivity index (χ0) is 21.8. The number of thiazole rings is 1. The monoisotopic (exact) mass is 439 g/mol. The van der Waals surface area contributed by atoms with Crippen molar-refractivity contribution in [1.29, 1.82) is 5.26 Å². The molecule has 1 N–H and O–H groups in total. The van der Waals surface area contributed by atoms with E-state index in [0.717, 1.165) is 22.3 Å². The number of hydrogen-bond donors (Lipinski definition) is 1. The van der Waals surface area contributed by atoms with E-state index in [1.165, 1.54) is 17.4 Å². The second-order valence-electron chi connectivity index (χ2n) is 6.76. The van der Waals surface area contributed by atoms with Crippen LogP contribution < -0.4 is 5.32 Å². The molecule has 9 heteroatoms. The molecule has 4 rings (SSSR count). The molecule has 0 fully saturated rings. The predicted molar refractivity (Wildman–Crippen MR) is 113 cm³/mol. The summed E-state index contributed by atoms with van der Waals surface area (Å²) in [5.41, 5.74) is 1.23. The lowest BCUT2D eigenvalue weighted by atomic mass is 10.1. The van der Waals surface area contributed by atoms with Gasteiger partial charge in [0.05, 0.1) is 27.5 Å². The number of alkyl halides is 3. The molecule has 2 heterocycles. The number of benzene rings is 2. The van der Waals surface area contributed by atoms with Gasteiger partial charge in [0.25, 0.3) is 0 Å². The van der Waals surface area contributed by atoms with Crippen molar-refractivity contribution in [2.24, 2.45) is 0 Å². The number of aromatic nitrogens is 3. The zero-order valence-corrected chi connectivity index (χ0v) is 16.9. The Bertz CT molecular complexity index is 1210. The lowest BCUT2D eigenvalue weighted by Crippen LogP contribution is -2.11. The standard InChI is InChI=1S/C22H16F3N5S/c23-22(24,25)15-5-3-4-14(12-15)8-10-27-21-28-11-9-17(30-21)16(13-26)20-29-18-6-1-2-7-19(18)31-20/h1-7,9,11-12,16H,8,10H2,(H,27,28,30). The highest BCUT2D eigenvalue weighted by molar-refractivity contribution is 7.18. The summed E-state index contributed by atoms with van der Waals surface area (Å²) in [5.74, 6) is -0.324. The highest BCUT2D eigenvalue weighted by Crippen LogP contribution is 2.31. The Labute approximate surface area is 180 Å². The molecule has 2 aromatic heterocycles. The number of rotatable bonds is 6. The van der Waals surface area contributed by atoms with Crippen molar-refractivity contribution >= 4 is 27.5 Å². The van der Waals surface area contributed by atoms with Gasteiger partial charge in [-0.3, -0.25) is 0 Å². The van der Waals surface area contributed by atoms with Crippen molar-refractivity contribution in [2.75, 3.05) is 11.9 Å². The summed E-state index contributed by atoms with van der Waals surface area (Å²) in [4.78, 5) is 13.1. The van der Waals surface area contributed by atoms with Crippen molar-refractivity contribution in [1.82, 2.24) is 15.0 Å². The minimum Gasteiger partial charge on any atom is -0.354 e. The highest BCUT2D eigenvalue weighted by Gasteiger charge is 2.30. The molecule has 0 saturated heterocycles. The largest absolute Gasteiger partial charge is 0.416 e. The number of nitriles is 1. The first kappa shape index (κ1) is 20.8. The Morgan fingerprint density at radius 3 is 2.68 bits per heavy atom. The van der Waals surface area contributed by atoms with Crippen molar-refractivity contribution in [3.05, 3.63) is 82.6 Å². The molecule has 0 saturated carbocycles. The molecule has 31 heavy (non-hydrogen) atoms. The summed E-state index contributed by atoms with van der Waals surface area (Å²) in [5, 5.41) is 13.4. The SMILES string of the molecule is N#CC(c1ccnc(NCCc2cccc(C(F)(F)F)c2)n1)c1nc2ccccc2s1. The van der Waals surface area contributed by atoms with E-state index in [0.29, 0.717) is 35.2 Å². The Hall–Kier alpha value is -3.51. The average Bonchev–Trinajstić information content (AvgIpc) is 3.18. The molecule has 0 bridgehead atoms. The second kappa shape index (κ2) is 8.70. The van der Waals surface area contributed by atoms with E-state index < -0.39 is 17.7 Å². The van der Waals surface area contributed by atoms with Crippen LogP contribution in [0, 0.1) is 11.3 Å². The summed E-state index contributed by atoms with van der Waals surface area (Å²) in [7, 11) is 0. The maximum atomic E-state index is 12.9. The predicted octanol–water partition coefficient (Wildman–Crippen LogP) is 5.42. The molecule has 0 aliphatic heterocycles. The Morgan fingerprint density at radius 1 is 1.06 bits per heavy atom. The van der Waals surface area contributed by atoms with Crippen LogP contribution in [0.1, 0.15) is 27.7 Å². The minimum absolute atomic E-state index is 0.311. The Balaban J connectivity index is 1.46. The van der Waals surface area contributed by atoms with Gasteiger partial charge < -0.3 is 5.32 Å². The molecular formula is C22H16F3N5S. The van der Waals surface area contributed by atoms with Gasteiger partial charge >= 0.3 is 6.18 Å². The third-order valence-electron chi connectivity index (χ3n) is 4.61. The van der Waals surface area contributed by atoms with E-state index in [1.807, 2.05) is 24.3 Å². The van der Waals surface area contributed by atoms with Crippen LogP contribution in [0.3, 0.4) is 0 Å². The van der Waals surface area contributed by atoms with E-state index in [-0.39, 0.29) is 0 Å². The van der Waals surface area contributed by atoms with Crippen LogP contribution in [0.2, 0.25) is 0 Å². The molecule has 0 spiro atoms. The van der Waals surface area contributed by atoms with Gasteiger partial charge in [0.15, 0.2) is 0 Å². The van der Waals surface area contributed by atoms with Crippen LogP contribution in [-0.4, -0.2) is 21.5 Å². The number of para-hydroxylation sites is 1. The summed E-state index contributed by atoms with van der Waals surface area (Å²) in [6, 6.07) is 16.8. The lowest BCUT2D eigenvalue weighted by Gasteiger charge is -2.10. The van der Waals surface area contributed by atoms with E-state index in [2.05, 4.69) is 26.3 Å². The smallest absolute Gasteiger partial charge is 0.354 e. The van der Waals surface area contributed by atoms with Gasteiger partial charge in [0, 0.05) is 12.7 Å². The number of anilines is 1. The number of nitrogens with one attached hydrogen (secondary N) is 1. The van der Waals surface area contributed by atoms with Crippen molar-refractivity contribution in [2.45, 2.75) is 18.5 Å². The van der Waals surface area contributed by atoms with Crippen LogP contribution in [0.4, 0.5) is 19.1 Å². The van der Waals surface area contributed by atoms with Crippen LogP contribution >= 0.6 is 11.3 Å².